The minimum absolute atomic E-state index is 0.0290. The van der Waals surface area contributed by atoms with E-state index in [0.717, 1.165) is 11.8 Å². The fraction of sp³-hybridized carbons (Fsp3) is 0.286. The molecule has 11 heteroatoms. The Morgan fingerprint density at radius 2 is 1.88 bits per heavy atom. The van der Waals surface area contributed by atoms with E-state index in [2.05, 4.69) is 9.71 Å². The van der Waals surface area contributed by atoms with Crippen molar-refractivity contribution in [3.63, 3.8) is 0 Å². The van der Waals surface area contributed by atoms with Crippen LogP contribution in [0.1, 0.15) is 12.8 Å². The van der Waals surface area contributed by atoms with E-state index in [-0.39, 0.29) is 34.8 Å². The molecule has 0 spiro atoms. The van der Waals surface area contributed by atoms with Gasteiger partial charge in [-0.05, 0) is 42.8 Å². The van der Waals surface area contributed by atoms with Crippen molar-refractivity contribution in [2.45, 2.75) is 23.0 Å². The number of amides is 2. The van der Waals surface area contributed by atoms with Crippen LogP contribution in [-0.4, -0.2) is 55.8 Å². The number of hydrogen-bond acceptors (Lipinski definition) is 6. The molecule has 170 valence electrons. The van der Waals surface area contributed by atoms with E-state index >= 15 is 0 Å². The Hall–Kier alpha value is -2.40. The Labute approximate surface area is 196 Å². The molecule has 0 aromatic heterocycles. The van der Waals surface area contributed by atoms with Gasteiger partial charge in [0, 0.05) is 37.4 Å². The zero-order chi connectivity index (χ0) is 23.1. The number of hydrogen-bond donors (Lipinski definition) is 1. The fourth-order valence-corrected chi connectivity index (χ4v) is 5.47. The van der Waals surface area contributed by atoms with Gasteiger partial charge in [0.25, 0.3) is 10.0 Å². The van der Waals surface area contributed by atoms with Crippen molar-refractivity contribution in [3.05, 3.63) is 59.6 Å². The molecular formula is C21H22ClN3O5S2. The SMILES string of the molecule is COCCCN1C(=O)[C@H](CC(=O)Nc2ccc(Cl)cc2)SC1=NS(=O)(=O)c1ccccc1. The zero-order valence-corrected chi connectivity index (χ0v) is 19.6. The van der Waals surface area contributed by atoms with Crippen molar-refractivity contribution in [2.75, 3.05) is 25.6 Å². The van der Waals surface area contributed by atoms with Crippen LogP contribution in [0.3, 0.4) is 0 Å². The molecule has 8 nitrogen and oxygen atoms in total. The van der Waals surface area contributed by atoms with Crippen molar-refractivity contribution in [2.24, 2.45) is 4.40 Å². The second-order valence-corrected chi connectivity index (χ2v) is 10.1. The fourth-order valence-electron chi connectivity index (χ4n) is 2.94. The Morgan fingerprint density at radius 3 is 2.53 bits per heavy atom. The van der Waals surface area contributed by atoms with Crippen LogP contribution in [0, 0.1) is 0 Å². The molecule has 2 aromatic rings. The molecule has 0 radical (unpaired) electrons. The normalized spacial score (nSPS) is 17.7. The molecule has 0 unspecified atom stereocenters. The van der Waals surface area contributed by atoms with E-state index < -0.39 is 15.3 Å². The van der Waals surface area contributed by atoms with Crippen LogP contribution in [-0.2, 0) is 24.3 Å². The molecule has 1 fully saturated rings. The first-order valence-corrected chi connectivity index (χ1v) is 12.4. The molecule has 32 heavy (non-hydrogen) atoms. The molecule has 1 N–H and O–H groups in total. The Bertz CT molecular complexity index is 1090. The molecule has 2 amide bonds. The maximum absolute atomic E-state index is 13.0. The number of carbonyl (C=O) groups is 2. The summed E-state index contributed by atoms with van der Waals surface area (Å²) in [4.78, 5) is 26.8. The second-order valence-electron chi connectivity index (χ2n) is 6.86. The molecule has 1 atom stereocenters. The van der Waals surface area contributed by atoms with Gasteiger partial charge in [0.05, 0.1) is 4.90 Å². The molecule has 2 aromatic carbocycles. The molecule has 1 saturated heterocycles. The number of nitrogens with zero attached hydrogens (tertiary/aromatic N) is 2. The number of thioether (sulfide) groups is 1. The van der Waals surface area contributed by atoms with Gasteiger partial charge in [-0.3, -0.25) is 14.5 Å². The van der Waals surface area contributed by atoms with Gasteiger partial charge in [-0.15, -0.1) is 4.40 Å². The van der Waals surface area contributed by atoms with Gasteiger partial charge in [0.15, 0.2) is 5.17 Å². The molecule has 0 bridgehead atoms. The molecular weight excluding hydrogens is 474 g/mol. The van der Waals surface area contributed by atoms with Crippen molar-refractivity contribution in [1.82, 2.24) is 4.90 Å². The summed E-state index contributed by atoms with van der Waals surface area (Å²) in [5, 5.41) is 2.52. The second kappa shape index (κ2) is 11.0. The van der Waals surface area contributed by atoms with Crippen molar-refractivity contribution in [1.29, 1.82) is 0 Å². The number of benzene rings is 2. The molecule has 1 aliphatic rings. The van der Waals surface area contributed by atoms with Gasteiger partial charge in [-0.2, -0.15) is 8.42 Å². The van der Waals surface area contributed by atoms with Crippen molar-refractivity contribution in [3.8, 4) is 0 Å². The minimum Gasteiger partial charge on any atom is -0.385 e. The Balaban J connectivity index is 1.77. The summed E-state index contributed by atoms with van der Waals surface area (Å²) in [5.41, 5.74) is 0.548. The summed E-state index contributed by atoms with van der Waals surface area (Å²) in [6.07, 6.45) is 0.369. The van der Waals surface area contributed by atoms with Crippen molar-refractivity contribution < 1.29 is 22.7 Å². The first-order valence-electron chi connectivity index (χ1n) is 9.72. The van der Waals surface area contributed by atoms with Crippen LogP contribution in [0.5, 0.6) is 0 Å². The summed E-state index contributed by atoms with van der Waals surface area (Å²) in [6, 6.07) is 14.4. The van der Waals surface area contributed by atoms with Crippen LogP contribution in [0.25, 0.3) is 0 Å². The highest BCUT2D eigenvalue weighted by Crippen LogP contribution is 2.31. The molecule has 0 aliphatic carbocycles. The van der Waals surface area contributed by atoms with Crippen LogP contribution in [0.15, 0.2) is 63.9 Å². The highest BCUT2D eigenvalue weighted by Gasteiger charge is 2.40. The van der Waals surface area contributed by atoms with Gasteiger partial charge in [0.2, 0.25) is 11.8 Å². The number of carbonyl (C=O) groups excluding carboxylic acids is 2. The number of sulfonamides is 1. The van der Waals surface area contributed by atoms with Gasteiger partial charge < -0.3 is 10.1 Å². The summed E-state index contributed by atoms with van der Waals surface area (Å²) in [7, 11) is -2.47. The van der Waals surface area contributed by atoms with Gasteiger partial charge in [-0.25, -0.2) is 0 Å². The summed E-state index contributed by atoms with van der Waals surface area (Å²) >= 11 is 6.82. The van der Waals surface area contributed by atoms with Gasteiger partial charge >= 0.3 is 0 Å². The van der Waals surface area contributed by atoms with Crippen molar-refractivity contribution >= 4 is 56.1 Å². The Morgan fingerprint density at radius 1 is 1.19 bits per heavy atom. The third-order valence-electron chi connectivity index (χ3n) is 4.49. The lowest BCUT2D eigenvalue weighted by Gasteiger charge is -2.16. The van der Waals surface area contributed by atoms with E-state index in [1.807, 2.05) is 0 Å². The van der Waals surface area contributed by atoms with E-state index in [4.69, 9.17) is 16.3 Å². The first-order chi connectivity index (χ1) is 15.3. The molecule has 1 aliphatic heterocycles. The lowest BCUT2D eigenvalue weighted by molar-refractivity contribution is -0.128. The quantitative estimate of drug-likeness (QED) is 0.534. The highest BCUT2D eigenvalue weighted by molar-refractivity contribution is 8.16. The van der Waals surface area contributed by atoms with E-state index in [1.54, 1.807) is 49.6 Å². The summed E-state index contributed by atoms with van der Waals surface area (Å²) in [6.45, 7) is 0.632. The Kier molecular flexibility index (Phi) is 8.30. The van der Waals surface area contributed by atoms with Crippen LogP contribution in [0.2, 0.25) is 5.02 Å². The standard InChI is InChI=1S/C21H22ClN3O5S2/c1-30-13-5-12-25-20(27)18(14-19(26)23-16-10-8-15(22)9-11-16)31-21(25)24-32(28,29)17-6-3-2-4-7-17/h2-4,6-11,18H,5,12-14H2,1H3,(H,23,26)/t18-/m0/s1. The monoisotopic (exact) mass is 495 g/mol. The molecule has 3 rings (SSSR count). The predicted molar refractivity (Wildman–Crippen MR) is 125 cm³/mol. The minimum atomic E-state index is -4.01. The van der Waals surface area contributed by atoms with E-state index in [1.165, 1.54) is 17.0 Å². The van der Waals surface area contributed by atoms with E-state index in [9.17, 15) is 18.0 Å². The lowest BCUT2D eigenvalue weighted by Crippen LogP contribution is -2.35. The topological polar surface area (TPSA) is 105 Å². The number of methoxy groups -OCH3 is 1. The summed E-state index contributed by atoms with van der Waals surface area (Å²) in [5.74, 6) is -0.735. The highest BCUT2D eigenvalue weighted by atomic mass is 35.5. The average molecular weight is 496 g/mol. The van der Waals surface area contributed by atoms with Gasteiger partial charge in [0.1, 0.15) is 5.25 Å². The largest absolute Gasteiger partial charge is 0.385 e. The maximum Gasteiger partial charge on any atom is 0.284 e. The van der Waals surface area contributed by atoms with Crippen LogP contribution < -0.4 is 5.32 Å². The maximum atomic E-state index is 13.0. The predicted octanol–water partition coefficient (Wildman–Crippen LogP) is 3.39. The molecule has 0 saturated carbocycles. The average Bonchev–Trinajstić information content (AvgIpc) is 3.04. The van der Waals surface area contributed by atoms with Gasteiger partial charge in [-0.1, -0.05) is 41.6 Å². The third kappa shape index (κ3) is 6.32. The number of halogens is 1. The number of amidine groups is 1. The number of anilines is 1. The number of ether oxygens (including phenoxy) is 1. The molecule has 1 heterocycles. The zero-order valence-electron chi connectivity index (χ0n) is 17.2. The summed E-state index contributed by atoms with van der Waals surface area (Å²) < 4.78 is 34.4. The number of rotatable bonds is 9. The first kappa shape index (κ1) is 24.2. The third-order valence-corrected chi connectivity index (χ3v) is 7.31. The lowest BCUT2D eigenvalue weighted by atomic mass is 10.2. The number of nitrogens with one attached hydrogen (secondary N) is 1. The van der Waals surface area contributed by atoms with E-state index in [0.29, 0.717) is 23.7 Å². The van der Waals surface area contributed by atoms with Crippen LogP contribution >= 0.6 is 23.4 Å². The van der Waals surface area contributed by atoms with Crippen LogP contribution in [0.4, 0.5) is 5.69 Å². The smallest absolute Gasteiger partial charge is 0.284 e.